The molecule has 2 aromatic heterocycles. The molecular formula is C20H18N4O2. The van der Waals surface area contributed by atoms with E-state index < -0.39 is 0 Å². The first kappa shape index (κ1) is 17.3. The van der Waals surface area contributed by atoms with Crippen LogP contribution in [-0.2, 0) is 0 Å². The Morgan fingerprint density at radius 1 is 0.731 bits per heavy atom. The number of aromatic nitrogens is 2. The van der Waals surface area contributed by atoms with Gasteiger partial charge in [0.05, 0.1) is 22.8 Å². The smallest absolute Gasteiger partial charge is 0.255 e. The molecule has 0 aliphatic carbocycles. The number of aryl methyl sites for hydroxylation is 2. The molecule has 0 unspecified atom stereocenters. The molecule has 0 aliphatic heterocycles. The Labute approximate surface area is 151 Å². The number of hydrogen-bond acceptors (Lipinski definition) is 4. The third-order valence-electron chi connectivity index (χ3n) is 3.90. The number of hydrogen-bond donors (Lipinski definition) is 2. The molecule has 0 bridgehead atoms. The lowest BCUT2D eigenvalue weighted by Gasteiger charge is -2.10. The lowest BCUT2D eigenvalue weighted by Crippen LogP contribution is -2.16. The molecule has 2 amide bonds. The molecule has 0 saturated heterocycles. The molecule has 0 aliphatic rings. The molecule has 0 saturated carbocycles. The average Bonchev–Trinajstić information content (AvgIpc) is 2.65. The summed E-state index contributed by atoms with van der Waals surface area (Å²) in [6, 6.07) is 13.6. The van der Waals surface area contributed by atoms with Gasteiger partial charge in [0.15, 0.2) is 0 Å². The van der Waals surface area contributed by atoms with Crippen molar-refractivity contribution in [1.29, 1.82) is 0 Å². The molecule has 1 aromatic carbocycles. The summed E-state index contributed by atoms with van der Waals surface area (Å²) in [5.41, 5.74) is 3.51. The zero-order valence-corrected chi connectivity index (χ0v) is 14.5. The monoisotopic (exact) mass is 346 g/mol. The van der Waals surface area contributed by atoms with Gasteiger partial charge < -0.3 is 10.6 Å². The van der Waals surface area contributed by atoms with Crippen LogP contribution in [0, 0.1) is 13.8 Å². The van der Waals surface area contributed by atoms with Crippen molar-refractivity contribution in [2.75, 3.05) is 10.6 Å². The SMILES string of the molecule is Cc1ncccc1NC(=O)c1cccc(C(=O)Nc2cccnc2C)c1. The third-order valence-corrected chi connectivity index (χ3v) is 3.90. The molecular weight excluding hydrogens is 328 g/mol. The van der Waals surface area contributed by atoms with Crippen LogP contribution in [0.1, 0.15) is 32.1 Å². The normalized spacial score (nSPS) is 10.2. The van der Waals surface area contributed by atoms with Gasteiger partial charge in [-0.05, 0) is 56.3 Å². The van der Waals surface area contributed by atoms with Gasteiger partial charge in [0.25, 0.3) is 11.8 Å². The number of anilines is 2. The first-order chi connectivity index (χ1) is 12.5. The van der Waals surface area contributed by atoms with Crippen molar-refractivity contribution in [2.24, 2.45) is 0 Å². The van der Waals surface area contributed by atoms with Crippen molar-refractivity contribution in [2.45, 2.75) is 13.8 Å². The molecule has 130 valence electrons. The van der Waals surface area contributed by atoms with Crippen molar-refractivity contribution in [3.8, 4) is 0 Å². The summed E-state index contributed by atoms with van der Waals surface area (Å²) in [7, 11) is 0. The highest BCUT2D eigenvalue weighted by molar-refractivity contribution is 6.08. The first-order valence-corrected chi connectivity index (χ1v) is 8.10. The molecule has 2 heterocycles. The summed E-state index contributed by atoms with van der Waals surface area (Å²) in [4.78, 5) is 33.2. The number of pyridine rings is 2. The van der Waals surface area contributed by atoms with Crippen LogP contribution in [0.3, 0.4) is 0 Å². The van der Waals surface area contributed by atoms with Gasteiger partial charge in [0, 0.05) is 23.5 Å². The summed E-state index contributed by atoms with van der Waals surface area (Å²) >= 11 is 0. The number of nitrogens with zero attached hydrogens (tertiary/aromatic N) is 2. The highest BCUT2D eigenvalue weighted by Crippen LogP contribution is 2.15. The Balaban J connectivity index is 1.77. The van der Waals surface area contributed by atoms with Crippen LogP contribution in [0.5, 0.6) is 0 Å². The van der Waals surface area contributed by atoms with Crippen molar-refractivity contribution in [3.05, 3.63) is 83.4 Å². The molecule has 6 heteroatoms. The van der Waals surface area contributed by atoms with E-state index in [0.29, 0.717) is 22.5 Å². The number of carbonyl (C=O) groups is 2. The summed E-state index contributed by atoms with van der Waals surface area (Å²) in [5.74, 6) is -0.596. The maximum absolute atomic E-state index is 12.5. The lowest BCUT2D eigenvalue weighted by molar-refractivity contribution is 0.102. The summed E-state index contributed by atoms with van der Waals surface area (Å²) in [5, 5.41) is 5.62. The average molecular weight is 346 g/mol. The number of carbonyl (C=O) groups excluding carboxylic acids is 2. The maximum atomic E-state index is 12.5. The Kier molecular flexibility index (Phi) is 5.03. The van der Waals surface area contributed by atoms with Crippen LogP contribution in [0.15, 0.2) is 60.9 Å². The van der Waals surface area contributed by atoms with Crippen LogP contribution in [0.25, 0.3) is 0 Å². The third kappa shape index (κ3) is 3.92. The molecule has 3 rings (SSSR count). The molecule has 2 N–H and O–H groups in total. The van der Waals surface area contributed by atoms with Crippen LogP contribution in [0.2, 0.25) is 0 Å². The Hall–Kier alpha value is -3.54. The van der Waals surface area contributed by atoms with E-state index in [1.807, 2.05) is 13.8 Å². The van der Waals surface area contributed by atoms with Gasteiger partial charge in [0.1, 0.15) is 0 Å². The molecule has 0 radical (unpaired) electrons. The van der Waals surface area contributed by atoms with Gasteiger partial charge in [-0.25, -0.2) is 0 Å². The van der Waals surface area contributed by atoms with E-state index in [0.717, 1.165) is 11.4 Å². The summed E-state index contributed by atoms with van der Waals surface area (Å²) in [6.07, 6.45) is 3.33. The van der Waals surface area contributed by atoms with Crippen LogP contribution < -0.4 is 10.6 Å². The number of nitrogens with one attached hydrogen (secondary N) is 2. The number of benzene rings is 1. The second kappa shape index (κ2) is 7.57. The minimum Gasteiger partial charge on any atom is -0.320 e. The molecule has 0 fully saturated rings. The fraction of sp³-hybridized carbons (Fsp3) is 0.100. The molecule has 0 atom stereocenters. The second-order valence-corrected chi connectivity index (χ2v) is 5.76. The molecule has 3 aromatic rings. The Morgan fingerprint density at radius 3 is 1.62 bits per heavy atom. The summed E-state index contributed by atoms with van der Waals surface area (Å²) < 4.78 is 0. The fourth-order valence-corrected chi connectivity index (χ4v) is 2.42. The molecule has 26 heavy (non-hydrogen) atoms. The predicted molar refractivity (Wildman–Crippen MR) is 100 cm³/mol. The number of amides is 2. The van der Waals surface area contributed by atoms with E-state index >= 15 is 0 Å². The Bertz CT molecular complexity index is 895. The minimum absolute atomic E-state index is 0.298. The predicted octanol–water partition coefficient (Wildman–Crippen LogP) is 3.60. The zero-order valence-electron chi connectivity index (χ0n) is 14.5. The van der Waals surface area contributed by atoms with Gasteiger partial charge in [-0.1, -0.05) is 6.07 Å². The fourth-order valence-electron chi connectivity index (χ4n) is 2.42. The first-order valence-electron chi connectivity index (χ1n) is 8.10. The van der Waals surface area contributed by atoms with Crippen molar-refractivity contribution in [3.63, 3.8) is 0 Å². The van der Waals surface area contributed by atoms with E-state index in [2.05, 4.69) is 20.6 Å². The van der Waals surface area contributed by atoms with Crippen LogP contribution in [-0.4, -0.2) is 21.8 Å². The second-order valence-electron chi connectivity index (χ2n) is 5.76. The lowest BCUT2D eigenvalue weighted by atomic mass is 10.1. The standard InChI is InChI=1S/C20H18N4O2/c1-13-17(8-4-10-21-13)23-19(25)15-6-3-7-16(12-15)20(26)24-18-9-5-11-22-14(18)2/h3-12H,1-2H3,(H,23,25)(H,24,26). The maximum Gasteiger partial charge on any atom is 0.255 e. The van der Waals surface area contributed by atoms with Gasteiger partial charge in [-0.3, -0.25) is 19.6 Å². The molecule has 0 spiro atoms. The van der Waals surface area contributed by atoms with Gasteiger partial charge in [-0.15, -0.1) is 0 Å². The number of rotatable bonds is 4. The van der Waals surface area contributed by atoms with Gasteiger partial charge >= 0.3 is 0 Å². The van der Waals surface area contributed by atoms with E-state index in [-0.39, 0.29) is 11.8 Å². The summed E-state index contributed by atoms with van der Waals surface area (Å²) in [6.45, 7) is 3.63. The van der Waals surface area contributed by atoms with Crippen molar-refractivity contribution < 1.29 is 9.59 Å². The van der Waals surface area contributed by atoms with E-state index in [1.165, 1.54) is 0 Å². The quantitative estimate of drug-likeness (QED) is 0.756. The van der Waals surface area contributed by atoms with Crippen LogP contribution >= 0.6 is 0 Å². The largest absolute Gasteiger partial charge is 0.320 e. The zero-order chi connectivity index (χ0) is 18.5. The van der Waals surface area contributed by atoms with Crippen molar-refractivity contribution in [1.82, 2.24) is 9.97 Å². The minimum atomic E-state index is -0.298. The van der Waals surface area contributed by atoms with Gasteiger partial charge in [-0.2, -0.15) is 0 Å². The van der Waals surface area contributed by atoms with E-state index in [9.17, 15) is 9.59 Å². The topological polar surface area (TPSA) is 84.0 Å². The van der Waals surface area contributed by atoms with Crippen molar-refractivity contribution >= 4 is 23.2 Å². The van der Waals surface area contributed by atoms with E-state index in [4.69, 9.17) is 0 Å². The van der Waals surface area contributed by atoms with Gasteiger partial charge in [0.2, 0.25) is 0 Å². The molecule has 6 nitrogen and oxygen atoms in total. The highest BCUT2D eigenvalue weighted by atomic mass is 16.2. The van der Waals surface area contributed by atoms with Crippen LogP contribution in [0.4, 0.5) is 11.4 Å². The van der Waals surface area contributed by atoms with E-state index in [1.54, 1.807) is 60.9 Å². The Morgan fingerprint density at radius 2 is 1.19 bits per heavy atom. The highest BCUT2D eigenvalue weighted by Gasteiger charge is 2.12.